The number of sulfone groups is 1. The number of rotatable bonds is 9. The molecule has 0 heterocycles. The van der Waals surface area contributed by atoms with Crippen LogP contribution in [0.5, 0.6) is 0 Å². The van der Waals surface area contributed by atoms with Gasteiger partial charge in [0.15, 0.2) is 0 Å². The molecule has 0 rings (SSSR count). The van der Waals surface area contributed by atoms with Gasteiger partial charge in [0, 0.05) is 26.5 Å². The summed E-state index contributed by atoms with van der Waals surface area (Å²) in [7, 11) is -1.44. The maximum Gasteiger partial charge on any atom is 0.236 e. The minimum atomic E-state index is -3.06. The number of carbonyl (C=O) groups is 1. The third-order valence-electron chi connectivity index (χ3n) is 2.21. The van der Waals surface area contributed by atoms with E-state index in [0.717, 1.165) is 19.1 Å². The minimum absolute atomic E-state index is 0.0642. The highest BCUT2D eigenvalue weighted by Gasteiger charge is 2.15. The standard InChI is InChI=1S/C10H22N2O4S/c1-16-7-4-3-6-12-10(13)9(11)5-8-17(2,14)15/h9H,3-8,11H2,1-2H3,(H,12,13). The number of hydrogen-bond acceptors (Lipinski definition) is 5. The second-order valence-corrected chi connectivity index (χ2v) is 6.28. The van der Waals surface area contributed by atoms with Gasteiger partial charge in [-0.3, -0.25) is 4.79 Å². The van der Waals surface area contributed by atoms with Crippen molar-refractivity contribution < 1.29 is 17.9 Å². The molecule has 0 aromatic rings. The van der Waals surface area contributed by atoms with Gasteiger partial charge in [0.05, 0.1) is 11.8 Å². The normalized spacial score (nSPS) is 13.4. The minimum Gasteiger partial charge on any atom is -0.385 e. The molecule has 0 aliphatic carbocycles. The highest BCUT2D eigenvalue weighted by atomic mass is 32.2. The second kappa shape index (κ2) is 8.43. The van der Waals surface area contributed by atoms with Crippen molar-refractivity contribution in [3.63, 3.8) is 0 Å². The van der Waals surface area contributed by atoms with E-state index in [2.05, 4.69) is 5.32 Å². The largest absolute Gasteiger partial charge is 0.385 e. The lowest BCUT2D eigenvalue weighted by molar-refractivity contribution is -0.122. The number of nitrogens with two attached hydrogens (primary N) is 1. The van der Waals surface area contributed by atoms with Gasteiger partial charge in [-0.25, -0.2) is 8.42 Å². The van der Waals surface area contributed by atoms with Crippen molar-refractivity contribution in [2.45, 2.75) is 25.3 Å². The summed E-state index contributed by atoms with van der Waals surface area (Å²) in [5.74, 6) is -0.364. The van der Waals surface area contributed by atoms with Crippen molar-refractivity contribution in [3.8, 4) is 0 Å². The fourth-order valence-electron chi connectivity index (χ4n) is 1.19. The average molecular weight is 266 g/mol. The van der Waals surface area contributed by atoms with E-state index in [0.29, 0.717) is 13.2 Å². The van der Waals surface area contributed by atoms with Gasteiger partial charge in [-0.1, -0.05) is 0 Å². The SMILES string of the molecule is COCCCCNC(=O)C(N)CCS(C)(=O)=O. The second-order valence-electron chi connectivity index (χ2n) is 4.02. The van der Waals surface area contributed by atoms with Gasteiger partial charge in [-0.15, -0.1) is 0 Å². The molecular weight excluding hydrogens is 244 g/mol. The van der Waals surface area contributed by atoms with E-state index in [4.69, 9.17) is 10.5 Å². The van der Waals surface area contributed by atoms with Gasteiger partial charge in [-0.2, -0.15) is 0 Å². The van der Waals surface area contributed by atoms with E-state index in [1.54, 1.807) is 7.11 Å². The Balaban J connectivity index is 3.68. The Labute approximate surface area is 103 Å². The van der Waals surface area contributed by atoms with Crippen LogP contribution in [-0.4, -0.2) is 52.6 Å². The number of ether oxygens (including phenoxy) is 1. The molecule has 0 aliphatic heterocycles. The van der Waals surface area contributed by atoms with Gasteiger partial charge in [-0.05, 0) is 19.3 Å². The van der Waals surface area contributed by atoms with E-state index in [-0.39, 0.29) is 18.1 Å². The highest BCUT2D eigenvalue weighted by molar-refractivity contribution is 7.90. The molecule has 0 aromatic carbocycles. The lowest BCUT2D eigenvalue weighted by atomic mass is 10.2. The van der Waals surface area contributed by atoms with E-state index < -0.39 is 15.9 Å². The molecule has 0 saturated heterocycles. The van der Waals surface area contributed by atoms with E-state index in [1.165, 1.54) is 0 Å². The van der Waals surface area contributed by atoms with Crippen LogP contribution >= 0.6 is 0 Å². The average Bonchev–Trinajstić information content (AvgIpc) is 2.24. The van der Waals surface area contributed by atoms with E-state index in [1.807, 2.05) is 0 Å². The lowest BCUT2D eigenvalue weighted by Crippen LogP contribution is -2.41. The maximum absolute atomic E-state index is 11.4. The Morgan fingerprint density at radius 3 is 2.59 bits per heavy atom. The van der Waals surface area contributed by atoms with Crippen molar-refractivity contribution in [1.82, 2.24) is 5.32 Å². The molecule has 102 valence electrons. The summed E-state index contributed by atoms with van der Waals surface area (Å²) in [6.45, 7) is 1.20. The van der Waals surface area contributed by atoms with Gasteiger partial charge in [0.2, 0.25) is 5.91 Å². The van der Waals surface area contributed by atoms with Gasteiger partial charge < -0.3 is 15.8 Å². The number of amides is 1. The Bertz CT molecular complexity index is 316. The fraction of sp³-hybridized carbons (Fsp3) is 0.900. The molecule has 17 heavy (non-hydrogen) atoms. The number of methoxy groups -OCH3 is 1. The molecule has 0 radical (unpaired) electrons. The zero-order valence-corrected chi connectivity index (χ0v) is 11.3. The van der Waals surface area contributed by atoms with E-state index >= 15 is 0 Å². The van der Waals surface area contributed by atoms with Crippen molar-refractivity contribution >= 4 is 15.7 Å². The zero-order chi connectivity index (χ0) is 13.3. The number of unbranched alkanes of at least 4 members (excludes halogenated alkanes) is 1. The molecular formula is C10H22N2O4S. The van der Waals surface area contributed by atoms with Crippen molar-refractivity contribution in [2.24, 2.45) is 5.73 Å². The number of carbonyl (C=O) groups excluding carboxylic acids is 1. The third-order valence-corrected chi connectivity index (χ3v) is 3.19. The van der Waals surface area contributed by atoms with Gasteiger partial charge >= 0.3 is 0 Å². The molecule has 7 heteroatoms. The van der Waals surface area contributed by atoms with Crippen molar-refractivity contribution in [3.05, 3.63) is 0 Å². The summed E-state index contributed by atoms with van der Waals surface area (Å²) in [6, 6.07) is -0.757. The van der Waals surface area contributed by atoms with Crippen LogP contribution in [-0.2, 0) is 19.4 Å². The summed E-state index contributed by atoms with van der Waals surface area (Å²) >= 11 is 0. The number of hydrogen-bond donors (Lipinski definition) is 2. The Morgan fingerprint density at radius 2 is 2.06 bits per heavy atom. The summed E-state index contributed by atoms with van der Waals surface area (Å²) in [5.41, 5.74) is 5.56. The van der Waals surface area contributed by atoms with Crippen molar-refractivity contribution in [1.29, 1.82) is 0 Å². The lowest BCUT2D eigenvalue weighted by Gasteiger charge is -2.11. The Hall–Kier alpha value is -0.660. The summed E-state index contributed by atoms with van der Waals surface area (Å²) < 4.78 is 26.6. The van der Waals surface area contributed by atoms with Crippen LogP contribution in [0.3, 0.4) is 0 Å². The molecule has 6 nitrogen and oxygen atoms in total. The molecule has 3 N–H and O–H groups in total. The molecule has 1 unspecified atom stereocenters. The van der Waals surface area contributed by atoms with Crippen LogP contribution in [0.15, 0.2) is 0 Å². The van der Waals surface area contributed by atoms with Crippen molar-refractivity contribution in [2.75, 3.05) is 32.3 Å². The summed E-state index contributed by atoms with van der Waals surface area (Å²) in [5, 5.41) is 2.66. The smallest absolute Gasteiger partial charge is 0.236 e. The first-order valence-corrected chi connectivity index (χ1v) is 7.63. The zero-order valence-electron chi connectivity index (χ0n) is 10.4. The Kier molecular flexibility index (Phi) is 8.11. The molecule has 0 spiro atoms. The van der Waals surface area contributed by atoms with E-state index in [9.17, 15) is 13.2 Å². The predicted molar refractivity (Wildman–Crippen MR) is 66.4 cm³/mol. The quantitative estimate of drug-likeness (QED) is 0.537. The highest BCUT2D eigenvalue weighted by Crippen LogP contribution is 1.94. The van der Waals surface area contributed by atoms with Crippen LogP contribution in [0.1, 0.15) is 19.3 Å². The molecule has 1 amide bonds. The first kappa shape index (κ1) is 16.3. The van der Waals surface area contributed by atoms with Crippen LogP contribution in [0.2, 0.25) is 0 Å². The third kappa shape index (κ3) is 10.2. The van der Waals surface area contributed by atoms with Gasteiger partial charge in [0.25, 0.3) is 0 Å². The molecule has 0 aromatic heterocycles. The number of nitrogens with one attached hydrogen (secondary N) is 1. The Morgan fingerprint density at radius 1 is 1.41 bits per heavy atom. The first-order chi connectivity index (χ1) is 7.87. The van der Waals surface area contributed by atoms with Crippen LogP contribution in [0, 0.1) is 0 Å². The maximum atomic E-state index is 11.4. The van der Waals surface area contributed by atoms with Crippen LogP contribution in [0.4, 0.5) is 0 Å². The molecule has 0 fully saturated rings. The fourth-order valence-corrected chi connectivity index (χ4v) is 1.87. The molecule has 0 bridgehead atoms. The summed E-state index contributed by atoms with van der Waals surface area (Å²) in [4.78, 5) is 11.4. The molecule has 1 atom stereocenters. The molecule has 0 aliphatic rings. The summed E-state index contributed by atoms with van der Waals surface area (Å²) in [6.07, 6.45) is 2.97. The van der Waals surface area contributed by atoms with Gasteiger partial charge in [0.1, 0.15) is 9.84 Å². The topological polar surface area (TPSA) is 98.5 Å². The predicted octanol–water partition coefficient (Wildman–Crippen LogP) is -0.709. The molecule has 0 saturated carbocycles. The first-order valence-electron chi connectivity index (χ1n) is 5.57. The van der Waals surface area contributed by atoms with Crippen LogP contribution < -0.4 is 11.1 Å². The van der Waals surface area contributed by atoms with Crippen LogP contribution in [0.25, 0.3) is 0 Å². The monoisotopic (exact) mass is 266 g/mol.